The van der Waals surface area contributed by atoms with Gasteiger partial charge in [0.1, 0.15) is 11.3 Å². The maximum atomic E-state index is 12.6. The van der Waals surface area contributed by atoms with Crippen LogP contribution in [-0.2, 0) is 4.79 Å². The summed E-state index contributed by atoms with van der Waals surface area (Å²) >= 11 is 7.40. The maximum Gasteiger partial charge on any atom is 0.257 e. The van der Waals surface area contributed by atoms with Gasteiger partial charge >= 0.3 is 0 Å². The standard InChI is InChI=1S/C18H17ClN2O3S/c1-3-16(25-18-21-13-6-4-5-7-15(13)24-18)17(22)20-11-8-9-14(23-2)12(19)10-11/h4-10,16H,3H2,1-2H3,(H,20,22). The number of carbonyl (C=O) groups excluding carboxylic acids is 1. The van der Waals surface area contributed by atoms with Crippen LogP contribution in [-0.4, -0.2) is 23.3 Å². The lowest BCUT2D eigenvalue weighted by molar-refractivity contribution is -0.115. The van der Waals surface area contributed by atoms with Gasteiger partial charge in [0, 0.05) is 5.69 Å². The second kappa shape index (κ2) is 7.80. The molecule has 1 amide bonds. The average molecular weight is 377 g/mol. The number of hydrogen-bond acceptors (Lipinski definition) is 5. The Morgan fingerprint density at radius 3 is 2.84 bits per heavy atom. The summed E-state index contributed by atoms with van der Waals surface area (Å²) in [6, 6.07) is 12.6. The van der Waals surface area contributed by atoms with Gasteiger partial charge in [0.2, 0.25) is 5.91 Å². The van der Waals surface area contributed by atoms with Gasteiger partial charge in [0.25, 0.3) is 5.22 Å². The van der Waals surface area contributed by atoms with Crippen molar-refractivity contribution in [3.63, 3.8) is 0 Å². The molecule has 130 valence electrons. The van der Waals surface area contributed by atoms with Crippen LogP contribution in [0.15, 0.2) is 52.1 Å². The van der Waals surface area contributed by atoms with E-state index in [1.54, 1.807) is 25.3 Å². The zero-order chi connectivity index (χ0) is 17.8. The topological polar surface area (TPSA) is 64.4 Å². The summed E-state index contributed by atoms with van der Waals surface area (Å²) in [5.74, 6) is 0.434. The largest absolute Gasteiger partial charge is 0.495 e. The first kappa shape index (κ1) is 17.6. The molecule has 0 aliphatic heterocycles. The molecule has 1 unspecified atom stereocenters. The number of ether oxygens (including phenoxy) is 1. The van der Waals surface area contributed by atoms with Gasteiger partial charge in [-0.25, -0.2) is 4.98 Å². The van der Waals surface area contributed by atoms with Gasteiger partial charge in [-0.15, -0.1) is 0 Å². The number of methoxy groups -OCH3 is 1. The van der Waals surface area contributed by atoms with Crippen LogP contribution in [0.3, 0.4) is 0 Å². The van der Waals surface area contributed by atoms with Crippen molar-refractivity contribution >= 4 is 46.1 Å². The van der Waals surface area contributed by atoms with Gasteiger partial charge in [0.15, 0.2) is 5.58 Å². The number of fused-ring (bicyclic) bond motifs is 1. The van der Waals surface area contributed by atoms with Gasteiger partial charge in [-0.05, 0) is 36.8 Å². The van der Waals surface area contributed by atoms with Crippen molar-refractivity contribution in [1.82, 2.24) is 4.98 Å². The van der Waals surface area contributed by atoms with Crippen molar-refractivity contribution in [2.24, 2.45) is 0 Å². The van der Waals surface area contributed by atoms with E-state index in [2.05, 4.69) is 10.3 Å². The van der Waals surface area contributed by atoms with Gasteiger partial charge in [0.05, 0.1) is 17.4 Å². The van der Waals surface area contributed by atoms with Crippen LogP contribution in [0.25, 0.3) is 11.1 Å². The Bertz CT molecular complexity index is 864. The highest BCUT2D eigenvalue weighted by atomic mass is 35.5. The minimum atomic E-state index is -0.325. The zero-order valence-electron chi connectivity index (χ0n) is 13.8. The van der Waals surface area contributed by atoms with E-state index in [0.717, 1.165) is 5.52 Å². The Morgan fingerprint density at radius 1 is 1.36 bits per heavy atom. The number of amides is 1. The number of nitrogens with zero attached hydrogens (tertiary/aromatic N) is 1. The second-order valence-electron chi connectivity index (χ2n) is 5.30. The highest BCUT2D eigenvalue weighted by Gasteiger charge is 2.21. The van der Waals surface area contributed by atoms with E-state index in [1.807, 2.05) is 31.2 Å². The van der Waals surface area contributed by atoms with Crippen molar-refractivity contribution in [3.05, 3.63) is 47.5 Å². The Morgan fingerprint density at radius 2 is 2.16 bits per heavy atom. The molecule has 1 atom stereocenters. The van der Waals surface area contributed by atoms with E-state index in [1.165, 1.54) is 11.8 Å². The van der Waals surface area contributed by atoms with E-state index in [0.29, 0.717) is 33.7 Å². The van der Waals surface area contributed by atoms with Crippen LogP contribution in [0.5, 0.6) is 5.75 Å². The van der Waals surface area contributed by atoms with Crippen LogP contribution < -0.4 is 10.1 Å². The van der Waals surface area contributed by atoms with Crippen molar-refractivity contribution in [3.8, 4) is 5.75 Å². The second-order valence-corrected chi connectivity index (χ2v) is 6.86. The predicted molar refractivity (Wildman–Crippen MR) is 101 cm³/mol. The zero-order valence-corrected chi connectivity index (χ0v) is 15.4. The lowest BCUT2D eigenvalue weighted by Crippen LogP contribution is -2.24. The van der Waals surface area contributed by atoms with Gasteiger partial charge < -0.3 is 14.5 Å². The summed E-state index contributed by atoms with van der Waals surface area (Å²) in [6.45, 7) is 1.95. The Kier molecular flexibility index (Phi) is 5.50. The predicted octanol–water partition coefficient (Wildman–Crippen LogP) is 5.00. The van der Waals surface area contributed by atoms with Crippen LogP contribution in [0.4, 0.5) is 5.69 Å². The van der Waals surface area contributed by atoms with E-state index < -0.39 is 0 Å². The molecule has 2 aromatic carbocycles. The Hall–Kier alpha value is -2.18. The third-order valence-corrected chi connectivity index (χ3v) is 5.10. The Labute approximate surface area is 154 Å². The molecule has 1 heterocycles. The lowest BCUT2D eigenvalue weighted by atomic mass is 10.2. The molecule has 0 aliphatic carbocycles. The van der Waals surface area contributed by atoms with Crippen molar-refractivity contribution in [1.29, 1.82) is 0 Å². The Balaban J connectivity index is 1.71. The number of halogens is 1. The first-order chi connectivity index (χ1) is 12.1. The van der Waals surface area contributed by atoms with Crippen molar-refractivity contribution in [2.45, 2.75) is 23.8 Å². The van der Waals surface area contributed by atoms with Crippen LogP contribution in [0.2, 0.25) is 5.02 Å². The third-order valence-electron chi connectivity index (χ3n) is 3.60. The molecule has 0 saturated carbocycles. The average Bonchev–Trinajstić information content (AvgIpc) is 3.02. The fourth-order valence-corrected chi connectivity index (χ4v) is 3.43. The molecule has 1 aromatic heterocycles. The highest BCUT2D eigenvalue weighted by molar-refractivity contribution is 8.00. The fraction of sp³-hybridized carbons (Fsp3) is 0.222. The summed E-state index contributed by atoms with van der Waals surface area (Å²) in [7, 11) is 1.55. The van der Waals surface area contributed by atoms with Gasteiger partial charge in [-0.1, -0.05) is 42.4 Å². The minimum absolute atomic E-state index is 0.129. The monoisotopic (exact) mass is 376 g/mol. The van der Waals surface area contributed by atoms with Crippen LogP contribution >= 0.6 is 23.4 Å². The number of benzene rings is 2. The molecule has 5 nitrogen and oxygen atoms in total. The molecule has 0 saturated heterocycles. The summed E-state index contributed by atoms with van der Waals surface area (Å²) in [5, 5.41) is 3.47. The van der Waals surface area contributed by atoms with Crippen LogP contribution in [0.1, 0.15) is 13.3 Å². The molecule has 3 aromatic rings. The number of rotatable bonds is 6. The van der Waals surface area contributed by atoms with Crippen LogP contribution in [0, 0.1) is 0 Å². The molecular weight excluding hydrogens is 360 g/mol. The van der Waals surface area contributed by atoms with Gasteiger partial charge in [-0.2, -0.15) is 0 Å². The normalized spacial score (nSPS) is 12.1. The number of anilines is 1. The number of para-hydroxylation sites is 2. The third kappa shape index (κ3) is 4.08. The fourth-order valence-electron chi connectivity index (χ4n) is 2.31. The number of thioether (sulfide) groups is 1. The quantitative estimate of drug-likeness (QED) is 0.613. The smallest absolute Gasteiger partial charge is 0.257 e. The molecule has 7 heteroatoms. The number of hydrogen-bond donors (Lipinski definition) is 1. The van der Waals surface area contributed by atoms with Crippen molar-refractivity contribution in [2.75, 3.05) is 12.4 Å². The molecule has 0 radical (unpaired) electrons. The molecule has 25 heavy (non-hydrogen) atoms. The SMILES string of the molecule is CCC(Sc1nc2ccccc2o1)C(=O)Nc1ccc(OC)c(Cl)c1. The van der Waals surface area contributed by atoms with Crippen molar-refractivity contribution < 1.29 is 13.9 Å². The van der Waals surface area contributed by atoms with E-state index in [-0.39, 0.29) is 11.2 Å². The maximum absolute atomic E-state index is 12.6. The number of oxazole rings is 1. The van der Waals surface area contributed by atoms with E-state index >= 15 is 0 Å². The summed E-state index contributed by atoms with van der Waals surface area (Å²) in [6.07, 6.45) is 0.638. The molecule has 3 rings (SSSR count). The van der Waals surface area contributed by atoms with E-state index in [4.69, 9.17) is 20.8 Å². The first-order valence-electron chi connectivity index (χ1n) is 7.77. The molecule has 0 bridgehead atoms. The lowest BCUT2D eigenvalue weighted by Gasteiger charge is -2.13. The highest BCUT2D eigenvalue weighted by Crippen LogP contribution is 2.30. The number of carbonyl (C=O) groups is 1. The minimum Gasteiger partial charge on any atom is -0.495 e. The molecular formula is C18H17ClN2O3S. The molecule has 1 N–H and O–H groups in total. The number of aromatic nitrogens is 1. The molecule has 0 aliphatic rings. The summed E-state index contributed by atoms with van der Waals surface area (Å²) in [4.78, 5) is 17.0. The first-order valence-corrected chi connectivity index (χ1v) is 9.03. The van der Waals surface area contributed by atoms with E-state index in [9.17, 15) is 4.79 Å². The summed E-state index contributed by atoms with van der Waals surface area (Å²) < 4.78 is 10.8. The number of nitrogens with one attached hydrogen (secondary N) is 1. The van der Waals surface area contributed by atoms with Gasteiger partial charge in [-0.3, -0.25) is 4.79 Å². The molecule has 0 spiro atoms. The molecule has 0 fully saturated rings. The summed E-state index contributed by atoms with van der Waals surface area (Å²) in [5.41, 5.74) is 2.11.